The molecule has 0 fully saturated rings. The van der Waals surface area contributed by atoms with Gasteiger partial charge in [-0.15, -0.1) is 26.3 Å². The number of phenols is 1. The maximum Gasteiger partial charge on any atom is 0.573 e. The molecule has 0 aliphatic heterocycles. The zero-order chi connectivity index (χ0) is 22.0. The number of para-hydroxylation sites is 1. The number of hydrogen-bond donors (Lipinski definition) is 2. The van der Waals surface area contributed by atoms with Gasteiger partial charge in [-0.05, 0) is 6.07 Å². The van der Waals surface area contributed by atoms with Crippen LogP contribution in [-0.2, 0) is 0 Å². The fraction of sp³-hybridized carbons (Fsp3) is 0.133. The van der Waals surface area contributed by atoms with Gasteiger partial charge in [-0.3, -0.25) is 14.9 Å². The minimum Gasteiger partial charge on any atom is -0.502 e. The lowest BCUT2D eigenvalue weighted by atomic mass is 10.1. The number of anilines is 1. The van der Waals surface area contributed by atoms with E-state index in [0.29, 0.717) is 12.1 Å². The molecule has 0 aliphatic carbocycles. The number of alkyl halides is 6. The van der Waals surface area contributed by atoms with Crippen molar-refractivity contribution in [3.8, 4) is 17.2 Å². The number of nitro benzene ring substituents is 1. The highest BCUT2D eigenvalue weighted by atomic mass is 19.4. The third-order valence-corrected chi connectivity index (χ3v) is 3.06. The zero-order valence-corrected chi connectivity index (χ0v) is 13.7. The molecule has 2 aromatic rings. The van der Waals surface area contributed by atoms with E-state index in [1.807, 2.05) is 5.32 Å². The van der Waals surface area contributed by atoms with Gasteiger partial charge in [-0.1, -0.05) is 6.07 Å². The third-order valence-electron chi connectivity index (χ3n) is 3.06. The molecule has 0 bridgehead atoms. The Labute approximate surface area is 156 Å². The SMILES string of the molecule is O=C(Nc1cc(OC(F)(F)F)cc(OC(F)(F)F)c1)c1cccc([N+](=O)[O-])c1O. The maximum atomic E-state index is 12.4. The van der Waals surface area contributed by atoms with Gasteiger partial charge in [0.15, 0.2) is 0 Å². The summed E-state index contributed by atoms with van der Waals surface area (Å²) in [5.74, 6) is -4.59. The summed E-state index contributed by atoms with van der Waals surface area (Å²) >= 11 is 0. The van der Waals surface area contributed by atoms with E-state index in [1.165, 1.54) is 0 Å². The summed E-state index contributed by atoms with van der Waals surface area (Å²) < 4.78 is 81.3. The second kappa shape index (κ2) is 7.73. The molecule has 0 atom stereocenters. The van der Waals surface area contributed by atoms with E-state index in [2.05, 4.69) is 9.47 Å². The van der Waals surface area contributed by atoms with Crippen molar-refractivity contribution in [2.45, 2.75) is 12.7 Å². The molecule has 0 aromatic heterocycles. The smallest absolute Gasteiger partial charge is 0.502 e. The van der Waals surface area contributed by atoms with Gasteiger partial charge >= 0.3 is 18.4 Å². The van der Waals surface area contributed by atoms with Crippen LogP contribution in [0.2, 0.25) is 0 Å². The molecule has 0 saturated carbocycles. The van der Waals surface area contributed by atoms with Gasteiger partial charge in [0.2, 0.25) is 5.75 Å². The Balaban J connectivity index is 2.39. The molecule has 2 N–H and O–H groups in total. The molecule has 29 heavy (non-hydrogen) atoms. The largest absolute Gasteiger partial charge is 0.573 e. The van der Waals surface area contributed by atoms with Crippen LogP contribution in [0.15, 0.2) is 36.4 Å². The Bertz CT molecular complexity index is 910. The van der Waals surface area contributed by atoms with Crippen molar-refractivity contribution in [2.24, 2.45) is 0 Å². The summed E-state index contributed by atoms with van der Waals surface area (Å²) in [5.41, 5.74) is -2.13. The maximum absolute atomic E-state index is 12.4. The molecule has 0 heterocycles. The average molecular weight is 426 g/mol. The Kier molecular flexibility index (Phi) is 5.75. The lowest BCUT2D eigenvalue weighted by molar-refractivity contribution is -0.385. The fourth-order valence-electron chi connectivity index (χ4n) is 2.09. The van der Waals surface area contributed by atoms with E-state index in [1.54, 1.807) is 0 Å². The molecule has 0 aliphatic rings. The first kappa shape index (κ1) is 21.6. The van der Waals surface area contributed by atoms with Crippen molar-refractivity contribution in [2.75, 3.05) is 5.32 Å². The quantitative estimate of drug-likeness (QED) is 0.418. The highest BCUT2D eigenvalue weighted by molar-refractivity contribution is 6.07. The normalized spacial score (nSPS) is 11.7. The van der Waals surface area contributed by atoms with E-state index in [4.69, 9.17) is 0 Å². The van der Waals surface area contributed by atoms with Gasteiger partial charge in [-0.2, -0.15) is 0 Å². The molecular formula is C15H8F6N2O6. The number of nitrogens with zero attached hydrogens (tertiary/aromatic N) is 1. The van der Waals surface area contributed by atoms with Crippen LogP contribution in [0.3, 0.4) is 0 Å². The van der Waals surface area contributed by atoms with E-state index in [9.17, 15) is 46.4 Å². The molecular weight excluding hydrogens is 418 g/mol. The van der Waals surface area contributed by atoms with Crippen LogP contribution in [0.5, 0.6) is 17.2 Å². The number of ether oxygens (including phenoxy) is 2. The highest BCUT2D eigenvalue weighted by Gasteiger charge is 2.34. The number of phenolic OH excluding ortho intramolecular Hbond substituents is 1. The summed E-state index contributed by atoms with van der Waals surface area (Å²) in [6, 6.07) is 4.20. The minimum atomic E-state index is -5.25. The number of amides is 1. The van der Waals surface area contributed by atoms with E-state index >= 15 is 0 Å². The number of carbonyl (C=O) groups excluding carboxylic acids is 1. The van der Waals surface area contributed by atoms with Gasteiger partial charge in [0, 0.05) is 30.0 Å². The monoisotopic (exact) mass is 426 g/mol. The van der Waals surface area contributed by atoms with E-state index in [0.717, 1.165) is 18.2 Å². The first-order valence-corrected chi connectivity index (χ1v) is 7.19. The summed E-state index contributed by atoms with van der Waals surface area (Å²) in [6.07, 6.45) is -10.5. The second-order valence-corrected chi connectivity index (χ2v) is 5.17. The molecule has 8 nitrogen and oxygen atoms in total. The Morgan fingerprint density at radius 1 is 1.00 bits per heavy atom. The first-order valence-electron chi connectivity index (χ1n) is 7.19. The van der Waals surface area contributed by atoms with Crippen LogP contribution in [0, 0.1) is 10.1 Å². The topological polar surface area (TPSA) is 111 Å². The molecule has 2 rings (SSSR count). The van der Waals surface area contributed by atoms with E-state index in [-0.39, 0.29) is 6.07 Å². The third kappa shape index (κ3) is 6.15. The summed E-state index contributed by atoms with van der Waals surface area (Å²) in [4.78, 5) is 22.0. The Morgan fingerprint density at radius 3 is 1.97 bits per heavy atom. The van der Waals surface area contributed by atoms with Gasteiger partial charge in [0.25, 0.3) is 5.91 Å². The number of benzene rings is 2. The fourth-order valence-corrected chi connectivity index (χ4v) is 2.09. The van der Waals surface area contributed by atoms with Crippen molar-refractivity contribution < 1.29 is 50.6 Å². The van der Waals surface area contributed by atoms with Crippen molar-refractivity contribution in [1.82, 2.24) is 0 Å². The van der Waals surface area contributed by atoms with Crippen molar-refractivity contribution in [3.05, 3.63) is 52.1 Å². The van der Waals surface area contributed by atoms with E-state index < -0.39 is 57.7 Å². The average Bonchev–Trinajstić information content (AvgIpc) is 2.50. The van der Waals surface area contributed by atoms with Crippen LogP contribution in [0.4, 0.5) is 37.7 Å². The van der Waals surface area contributed by atoms with Crippen LogP contribution in [-0.4, -0.2) is 28.7 Å². The summed E-state index contributed by atoms with van der Waals surface area (Å²) in [5, 5.41) is 22.5. The number of nitro groups is 1. The predicted octanol–water partition coefficient (Wildman–Crippen LogP) is 4.35. The number of rotatable bonds is 5. The molecule has 14 heteroatoms. The van der Waals surface area contributed by atoms with Crippen molar-refractivity contribution in [3.63, 3.8) is 0 Å². The molecule has 156 valence electrons. The van der Waals surface area contributed by atoms with Crippen LogP contribution >= 0.6 is 0 Å². The summed E-state index contributed by atoms with van der Waals surface area (Å²) in [7, 11) is 0. The number of nitrogens with one attached hydrogen (secondary N) is 1. The van der Waals surface area contributed by atoms with Gasteiger partial charge in [-0.25, -0.2) is 0 Å². The molecule has 0 radical (unpaired) electrons. The summed E-state index contributed by atoms with van der Waals surface area (Å²) in [6.45, 7) is 0. The highest BCUT2D eigenvalue weighted by Crippen LogP contribution is 2.34. The number of hydrogen-bond acceptors (Lipinski definition) is 6. The molecule has 0 saturated heterocycles. The van der Waals surface area contributed by atoms with Crippen LogP contribution < -0.4 is 14.8 Å². The van der Waals surface area contributed by atoms with Crippen LogP contribution in [0.25, 0.3) is 0 Å². The standard InChI is InChI=1S/C15H8F6N2O6/c16-14(17,18)28-8-4-7(5-9(6-8)29-15(19,20)21)22-13(25)10-2-1-3-11(12(10)24)23(26)27/h1-6,24H,(H,22,25). The van der Waals surface area contributed by atoms with Crippen molar-refractivity contribution >= 4 is 17.3 Å². The predicted molar refractivity (Wildman–Crippen MR) is 82.5 cm³/mol. The lowest BCUT2D eigenvalue weighted by Gasteiger charge is -2.15. The molecule has 0 spiro atoms. The second-order valence-electron chi connectivity index (χ2n) is 5.17. The Morgan fingerprint density at radius 2 is 1.52 bits per heavy atom. The lowest BCUT2D eigenvalue weighted by Crippen LogP contribution is -2.20. The van der Waals surface area contributed by atoms with Crippen LogP contribution in [0.1, 0.15) is 10.4 Å². The van der Waals surface area contributed by atoms with Crippen molar-refractivity contribution in [1.29, 1.82) is 0 Å². The van der Waals surface area contributed by atoms with Gasteiger partial charge in [0.1, 0.15) is 11.5 Å². The van der Waals surface area contributed by atoms with Gasteiger partial charge in [0.05, 0.1) is 10.5 Å². The first-order chi connectivity index (χ1) is 13.2. The number of carbonyl (C=O) groups is 1. The number of aromatic hydroxyl groups is 1. The molecule has 2 aromatic carbocycles. The zero-order valence-electron chi connectivity index (χ0n) is 13.7. The number of halogens is 6. The molecule has 1 amide bonds. The molecule has 0 unspecified atom stereocenters. The minimum absolute atomic E-state index is 0.279. The Hall–Kier alpha value is -3.71. The van der Waals surface area contributed by atoms with Gasteiger partial charge < -0.3 is 19.9 Å².